The van der Waals surface area contributed by atoms with Gasteiger partial charge in [0.25, 0.3) is 0 Å². The molecule has 0 rings (SSSR count). The highest BCUT2D eigenvalue weighted by Crippen LogP contribution is 2.14. The summed E-state index contributed by atoms with van der Waals surface area (Å²) in [7, 11) is 0. The van der Waals surface area contributed by atoms with Crippen molar-refractivity contribution in [3.8, 4) is 0 Å². The van der Waals surface area contributed by atoms with E-state index in [0.29, 0.717) is 0 Å². The zero-order valence-electron chi connectivity index (χ0n) is 9.11. The molecule has 0 heterocycles. The van der Waals surface area contributed by atoms with Crippen LogP contribution in [0.4, 0.5) is 0 Å². The summed E-state index contributed by atoms with van der Waals surface area (Å²) in [5.74, 6) is 0. The Balaban J connectivity index is 3.29. The second kappa shape index (κ2) is 10.1. The fraction of sp³-hybridized carbons (Fsp3) is 0.833. The molecule has 0 aromatic rings. The smallest absolute Gasteiger partial charge is 0.0141 e. The zero-order chi connectivity index (χ0) is 9.94. The van der Waals surface area contributed by atoms with Gasteiger partial charge in [-0.15, -0.1) is 0 Å². The van der Waals surface area contributed by atoms with Crippen LogP contribution in [0, 0.1) is 0 Å². The Morgan fingerprint density at radius 3 is 2.23 bits per heavy atom. The molecule has 0 N–H and O–H groups in total. The van der Waals surface area contributed by atoms with E-state index in [-0.39, 0.29) is 0 Å². The van der Waals surface area contributed by atoms with Gasteiger partial charge in [-0.2, -0.15) is 0 Å². The van der Waals surface area contributed by atoms with Crippen LogP contribution < -0.4 is 0 Å². The maximum atomic E-state index is 6.06. The van der Waals surface area contributed by atoms with Crippen molar-refractivity contribution in [2.45, 2.75) is 65.2 Å². The van der Waals surface area contributed by atoms with Crippen LogP contribution in [0.1, 0.15) is 65.2 Å². The third-order valence-corrected chi connectivity index (χ3v) is 2.54. The summed E-state index contributed by atoms with van der Waals surface area (Å²) < 4.78 is 0. The van der Waals surface area contributed by atoms with Gasteiger partial charge in [-0.25, -0.2) is 0 Å². The minimum absolute atomic E-state index is 1.07. The molecule has 0 saturated heterocycles. The van der Waals surface area contributed by atoms with Gasteiger partial charge in [-0.05, 0) is 25.7 Å². The normalized spacial score (nSPS) is 12.1. The van der Waals surface area contributed by atoms with E-state index in [9.17, 15) is 0 Å². The third-order valence-electron chi connectivity index (χ3n) is 2.19. The molecule has 0 nitrogen and oxygen atoms in total. The van der Waals surface area contributed by atoms with Crippen LogP contribution in [0.3, 0.4) is 0 Å². The van der Waals surface area contributed by atoms with Crippen LogP contribution in [-0.4, -0.2) is 0 Å². The first-order chi connectivity index (χ1) is 6.31. The molecule has 0 aliphatic carbocycles. The predicted molar refractivity (Wildman–Crippen MR) is 62.2 cm³/mol. The van der Waals surface area contributed by atoms with Crippen LogP contribution in [0.5, 0.6) is 0 Å². The highest BCUT2D eigenvalue weighted by molar-refractivity contribution is 6.29. The van der Waals surface area contributed by atoms with Crippen molar-refractivity contribution in [2.24, 2.45) is 0 Å². The number of rotatable bonds is 8. The molecule has 0 unspecified atom stereocenters. The van der Waals surface area contributed by atoms with Crippen molar-refractivity contribution < 1.29 is 0 Å². The van der Waals surface area contributed by atoms with Gasteiger partial charge in [-0.1, -0.05) is 57.2 Å². The lowest BCUT2D eigenvalue weighted by molar-refractivity contribution is 0.711. The molecule has 0 radical (unpaired) electrons. The van der Waals surface area contributed by atoms with Crippen LogP contribution in [0.15, 0.2) is 11.1 Å². The molecule has 0 aliphatic rings. The summed E-state index contributed by atoms with van der Waals surface area (Å²) >= 11 is 6.06. The molecule has 0 atom stereocenters. The van der Waals surface area contributed by atoms with E-state index >= 15 is 0 Å². The molecule has 0 spiro atoms. The lowest BCUT2D eigenvalue weighted by Crippen LogP contribution is -1.78. The standard InChI is InChI=1S/C12H23Cl/c1-3-5-7-9-11-12(13)10-8-6-4-2/h11H,3-10H2,1-2H3. The summed E-state index contributed by atoms with van der Waals surface area (Å²) in [5.41, 5.74) is 0. The first-order valence-electron chi connectivity index (χ1n) is 5.65. The van der Waals surface area contributed by atoms with E-state index in [1.54, 1.807) is 0 Å². The van der Waals surface area contributed by atoms with Gasteiger partial charge in [0.1, 0.15) is 0 Å². The number of hydrogen-bond donors (Lipinski definition) is 0. The van der Waals surface area contributed by atoms with Crippen molar-refractivity contribution in [2.75, 3.05) is 0 Å². The monoisotopic (exact) mass is 202 g/mol. The fourth-order valence-corrected chi connectivity index (χ4v) is 1.54. The maximum Gasteiger partial charge on any atom is 0.0141 e. The van der Waals surface area contributed by atoms with E-state index in [4.69, 9.17) is 11.6 Å². The van der Waals surface area contributed by atoms with Crippen molar-refractivity contribution in [3.63, 3.8) is 0 Å². The maximum absolute atomic E-state index is 6.06. The second-order valence-electron chi connectivity index (χ2n) is 3.60. The minimum atomic E-state index is 1.07. The number of unbranched alkanes of at least 4 members (excludes halogenated alkanes) is 5. The average molecular weight is 203 g/mol. The van der Waals surface area contributed by atoms with Crippen molar-refractivity contribution in [1.29, 1.82) is 0 Å². The lowest BCUT2D eigenvalue weighted by Gasteiger charge is -1.98. The van der Waals surface area contributed by atoms with Gasteiger partial charge in [0.05, 0.1) is 0 Å². The quantitative estimate of drug-likeness (QED) is 0.471. The Labute approximate surface area is 88.4 Å². The second-order valence-corrected chi connectivity index (χ2v) is 4.09. The van der Waals surface area contributed by atoms with E-state index in [0.717, 1.165) is 11.5 Å². The molecule has 0 bridgehead atoms. The molecule has 1 heteroatoms. The van der Waals surface area contributed by atoms with Gasteiger partial charge in [-0.3, -0.25) is 0 Å². The average Bonchev–Trinajstić information content (AvgIpc) is 2.13. The van der Waals surface area contributed by atoms with Crippen LogP contribution in [0.2, 0.25) is 0 Å². The Morgan fingerprint density at radius 2 is 1.62 bits per heavy atom. The third kappa shape index (κ3) is 9.95. The zero-order valence-corrected chi connectivity index (χ0v) is 9.87. The first kappa shape index (κ1) is 13.0. The lowest BCUT2D eigenvalue weighted by atomic mass is 10.1. The summed E-state index contributed by atoms with van der Waals surface area (Å²) in [5, 5.41) is 1.07. The van der Waals surface area contributed by atoms with Crippen LogP contribution >= 0.6 is 11.6 Å². The Kier molecular flexibility index (Phi) is 10.1. The van der Waals surface area contributed by atoms with E-state index in [1.807, 2.05) is 0 Å². The molecule has 0 aromatic heterocycles. The topological polar surface area (TPSA) is 0 Å². The van der Waals surface area contributed by atoms with Crippen molar-refractivity contribution in [1.82, 2.24) is 0 Å². The fourth-order valence-electron chi connectivity index (χ4n) is 1.30. The number of allylic oxidation sites excluding steroid dienone is 2. The van der Waals surface area contributed by atoms with Gasteiger partial charge in [0.2, 0.25) is 0 Å². The molecule has 13 heavy (non-hydrogen) atoms. The molecular weight excluding hydrogens is 180 g/mol. The Bertz CT molecular complexity index is 127. The van der Waals surface area contributed by atoms with Gasteiger partial charge >= 0.3 is 0 Å². The summed E-state index contributed by atoms with van der Waals surface area (Å²) in [6.45, 7) is 4.45. The van der Waals surface area contributed by atoms with Gasteiger partial charge in [0, 0.05) is 5.03 Å². The van der Waals surface area contributed by atoms with E-state index < -0.39 is 0 Å². The Hall–Kier alpha value is 0.0300. The molecule has 0 amide bonds. The largest absolute Gasteiger partial charge is 0.0895 e. The van der Waals surface area contributed by atoms with Crippen LogP contribution in [-0.2, 0) is 0 Å². The van der Waals surface area contributed by atoms with Gasteiger partial charge in [0.15, 0.2) is 0 Å². The summed E-state index contributed by atoms with van der Waals surface area (Å²) in [6.07, 6.45) is 12.2. The van der Waals surface area contributed by atoms with Crippen LogP contribution in [0.25, 0.3) is 0 Å². The molecule has 78 valence electrons. The minimum Gasteiger partial charge on any atom is -0.0895 e. The molecule has 0 saturated carbocycles. The summed E-state index contributed by atoms with van der Waals surface area (Å²) in [4.78, 5) is 0. The highest BCUT2D eigenvalue weighted by Gasteiger charge is 1.92. The predicted octanol–water partition coefficient (Wildman–Crippen LogP) is 5.27. The molecule has 0 aliphatic heterocycles. The SMILES string of the molecule is CCCCCC=C(Cl)CCCCC. The molecule has 0 aromatic carbocycles. The van der Waals surface area contributed by atoms with E-state index in [2.05, 4.69) is 19.9 Å². The highest BCUT2D eigenvalue weighted by atomic mass is 35.5. The van der Waals surface area contributed by atoms with Gasteiger partial charge < -0.3 is 0 Å². The molecular formula is C12H23Cl. The number of hydrogen-bond acceptors (Lipinski definition) is 0. The number of halogens is 1. The van der Waals surface area contributed by atoms with Crippen molar-refractivity contribution >= 4 is 11.6 Å². The molecule has 0 fully saturated rings. The van der Waals surface area contributed by atoms with E-state index in [1.165, 1.54) is 44.9 Å². The summed E-state index contributed by atoms with van der Waals surface area (Å²) in [6, 6.07) is 0. The van der Waals surface area contributed by atoms with Crippen molar-refractivity contribution in [3.05, 3.63) is 11.1 Å². The Morgan fingerprint density at radius 1 is 1.00 bits per heavy atom. The first-order valence-corrected chi connectivity index (χ1v) is 6.03.